The van der Waals surface area contributed by atoms with E-state index in [9.17, 15) is 4.79 Å². The van der Waals surface area contributed by atoms with Gasteiger partial charge in [0.1, 0.15) is 5.60 Å². The lowest BCUT2D eigenvalue weighted by molar-refractivity contribution is 0.0477. The summed E-state index contributed by atoms with van der Waals surface area (Å²) in [5.74, 6) is 1.28. The van der Waals surface area contributed by atoms with Gasteiger partial charge in [-0.2, -0.15) is 0 Å². The van der Waals surface area contributed by atoms with Gasteiger partial charge in [0, 0.05) is 6.04 Å². The van der Waals surface area contributed by atoms with Crippen LogP contribution in [0.3, 0.4) is 0 Å². The van der Waals surface area contributed by atoms with E-state index in [1.807, 2.05) is 20.8 Å². The van der Waals surface area contributed by atoms with Crippen LogP contribution in [0.5, 0.6) is 0 Å². The first-order valence-corrected chi connectivity index (χ1v) is 7.51. The van der Waals surface area contributed by atoms with Gasteiger partial charge in [0.2, 0.25) is 0 Å². The van der Waals surface area contributed by atoms with Gasteiger partial charge >= 0.3 is 6.09 Å². The molecule has 1 saturated carbocycles. The summed E-state index contributed by atoms with van der Waals surface area (Å²) in [5, 5.41) is 2.98. The van der Waals surface area contributed by atoms with Crippen LogP contribution in [-0.4, -0.2) is 24.3 Å². The van der Waals surface area contributed by atoms with E-state index in [0.29, 0.717) is 5.92 Å². The summed E-state index contributed by atoms with van der Waals surface area (Å²) in [6, 6.07) is 0.176. The van der Waals surface area contributed by atoms with Gasteiger partial charge in [-0.15, -0.1) is 0 Å². The van der Waals surface area contributed by atoms with Crippen LogP contribution in [0.2, 0.25) is 0 Å². The lowest BCUT2D eigenvalue weighted by atomic mass is 9.77. The molecule has 1 fully saturated rings. The quantitative estimate of drug-likeness (QED) is 0.825. The number of hydrogen-bond donors (Lipinski definition) is 2. The molecule has 112 valence electrons. The number of amides is 1. The molecular weight excluding hydrogens is 240 g/mol. The van der Waals surface area contributed by atoms with E-state index >= 15 is 0 Å². The fraction of sp³-hybridized carbons (Fsp3) is 0.933. The molecule has 0 aromatic heterocycles. The molecule has 4 nitrogen and oxygen atoms in total. The minimum Gasteiger partial charge on any atom is -0.444 e. The van der Waals surface area contributed by atoms with Crippen molar-refractivity contribution in [3.8, 4) is 0 Å². The van der Waals surface area contributed by atoms with E-state index in [-0.39, 0.29) is 12.1 Å². The molecule has 1 amide bonds. The van der Waals surface area contributed by atoms with E-state index in [4.69, 9.17) is 10.5 Å². The van der Waals surface area contributed by atoms with Gasteiger partial charge in [0.15, 0.2) is 0 Å². The molecule has 1 rings (SSSR count). The van der Waals surface area contributed by atoms with Crippen molar-refractivity contribution >= 4 is 6.09 Å². The molecule has 3 atom stereocenters. The van der Waals surface area contributed by atoms with Crippen LogP contribution in [-0.2, 0) is 4.74 Å². The summed E-state index contributed by atoms with van der Waals surface area (Å²) in [4.78, 5) is 11.8. The third-order valence-electron chi connectivity index (χ3n) is 3.85. The number of ether oxygens (including phenoxy) is 1. The number of carbonyl (C=O) groups is 1. The fourth-order valence-corrected chi connectivity index (χ4v) is 2.90. The maximum atomic E-state index is 11.8. The average molecular weight is 270 g/mol. The molecule has 0 bridgehead atoms. The summed E-state index contributed by atoms with van der Waals surface area (Å²) in [7, 11) is 0. The maximum absolute atomic E-state index is 11.8. The lowest BCUT2D eigenvalue weighted by Gasteiger charge is -2.33. The van der Waals surface area contributed by atoms with Crippen molar-refractivity contribution in [3.05, 3.63) is 0 Å². The van der Waals surface area contributed by atoms with E-state index < -0.39 is 5.60 Å². The zero-order valence-electron chi connectivity index (χ0n) is 12.9. The maximum Gasteiger partial charge on any atom is 0.407 e. The lowest BCUT2D eigenvalue weighted by Crippen LogP contribution is -2.42. The van der Waals surface area contributed by atoms with Crippen LogP contribution >= 0.6 is 0 Å². The second-order valence-electron chi connectivity index (χ2n) is 6.80. The average Bonchev–Trinajstić information content (AvgIpc) is 2.27. The molecule has 4 heteroatoms. The second-order valence-corrected chi connectivity index (χ2v) is 6.80. The van der Waals surface area contributed by atoms with E-state index in [1.165, 1.54) is 25.7 Å². The Hall–Kier alpha value is -0.770. The van der Waals surface area contributed by atoms with Gasteiger partial charge in [-0.25, -0.2) is 4.79 Å². The molecule has 1 aliphatic rings. The Kier molecular flexibility index (Phi) is 6.11. The first kappa shape index (κ1) is 16.3. The molecule has 0 radical (unpaired) electrons. The topological polar surface area (TPSA) is 64.3 Å². The van der Waals surface area contributed by atoms with E-state index in [1.54, 1.807) is 0 Å². The van der Waals surface area contributed by atoms with Crippen molar-refractivity contribution in [2.45, 2.75) is 71.4 Å². The number of hydrogen-bond acceptors (Lipinski definition) is 3. The van der Waals surface area contributed by atoms with E-state index in [0.717, 1.165) is 18.9 Å². The number of nitrogens with two attached hydrogens (primary N) is 1. The van der Waals surface area contributed by atoms with Gasteiger partial charge in [0.25, 0.3) is 0 Å². The third-order valence-corrected chi connectivity index (χ3v) is 3.85. The molecule has 0 spiro atoms. The third kappa shape index (κ3) is 6.28. The highest BCUT2D eigenvalue weighted by atomic mass is 16.6. The van der Waals surface area contributed by atoms with Crippen LogP contribution in [0.1, 0.15) is 59.8 Å². The summed E-state index contributed by atoms with van der Waals surface area (Å²) in [6.45, 7) is 8.50. The molecule has 19 heavy (non-hydrogen) atoms. The fourth-order valence-electron chi connectivity index (χ4n) is 2.90. The molecule has 0 saturated heterocycles. The van der Waals surface area contributed by atoms with Crippen molar-refractivity contribution in [1.29, 1.82) is 0 Å². The van der Waals surface area contributed by atoms with E-state index in [2.05, 4.69) is 12.2 Å². The standard InChI is InChI=1S/C15H30N2O2/c1-11(17-14(18)19-15(2,3)4)13-7-5-6-12(10-13)8-9-16/h11-13H,5-10,16H2,1-4H3,(H,17,18). The summed E-state index contributed by atoms with van der Waals surface area (Å²) < 4.78 is 5.30. The molecule has 0 heterocycles. The van der Waals surface area contributed by atoms with Crippen LogP contribution in [0, 0.1) is 11.8 Å². The van der Waals surface area contributed by atoms with Gasteiger partial charge in [-0.05, 0) is 65.3 Å². The Labute approximate surface area is 117 Å². The SMILES string of the molecule is CC(NC(=O)OC(C)(C)C)C1CCCC(CCN)C1. The highest BCUT2D eigenvalue weighted by Gasteiger charge is 2.27. The molecule has 3 unspecified atom stereocenters. The molecule has 3 N–H and O–H groups in total. The largest absolute Gasteiger partial charge is 0.444 e. The van der Waals surface area contributed by atoms with Crippen molar-refractivity contribution in [2.24, 2.45) is 17.6 Å². The Morgan fingerprint density at radius 2 is 2.11 bits per heavy atom. The van der Waals surface area contributed by atoms with Crippen molar-refractivity contribution < 1.29 is 9.53 Å². The van der Waals surface area contributed by atoms with Crippen LogP contribution < -0.4 is 11.1 Å². The first-order chi connectivity index (χ1) is 8.81. The van der Waals surface area contributed by atoms with Gasteiger partial charge < -0.3 is 15.8 Å². The van der Waals surface area contributed by atoms with Crippen LogP contribution in [0.4, 0.5) is 4.79 Å². The Bertz CT molecular complexity index is 284. The highest BCUT2D eigenvalue weighted by Crippen LogP contribution is 2.32. The van der Waals surface area contributed by atoms with Gasteiger partial charge in [-0.1, -0.05) is 12.8 Å². The summed E-state index contributed by atoms with van der Waals surface area (Å²) in [5.41, 5.74) is 5.21. The zero-order chi connectivity index (χ0) is 14.5. The Morgan fingerprint density at radius 3 is 2.68 bits per heavy atom. The molecule has 0 aromatic rings. The van der Waals surface area contributed by atoms with Crippen molar-refractivity contribution in [1.82, 2.24) is 5.32 Å². The first-order valence-electron chi connectivity index (χ1n) is 7.51. The Balaban J connectivity index is 2.40. The van der Waals surface area contributed by atoms with Crippen LogP contribution in [0.15, 0.2) is 0 Å². The number of alkyl carbamates (subject to hydrolysis) is 1. The predicted molar refractivity (Wildman–Crippen MR) is 78.0 cm³/mol. The summed E-state index contributed by atoms with van der Waals surface area (Å²) >= 11 is 0. The molecule has 0 aromatic carbocycles. The highest BCUT2D eigenvalue weighted by molar-refractivity contribution is 5.68. The second kappa shape index (κ2) is 7.13. The minimum absolute atomic E-state index is 0.176. The molecule has 1 aliphatic carbocycles. The number of carbonyl (C=O) groups excluding carboxylic acids is 1. The molecular formula is C15H30N2O2. The normalized spacial score (nSPS) is 25.7. The predicted octanol–water partition coefficient (Wildman–Crippen LogP) is 3.05. The Morgan fingerprint density at radius 1 is 1.42 bits per heavy atom. The van der Waals surface area contributed by atoms with Crippen molar-refractivity contribution in [3.63, 3.8) is 0 Å². The minimum atomic E-state index is -0.432. The smallest absolute Gasteiger partial charge is 0.407 e. The van der Waals surface area contributed by atoms with Crippen molar-refractivity contribution in [2.75, 3.05) is 6.54 Å². The zero-order valence-corrected chi connectivity index (χ0v) is 12.9. The number of rotatable bonds is 4. The van der Waals surface area contributed by atoms with Gasteiger partial charge in [-0.3, -0.25) is 0 Å². The molecule has 0 aliphatic heterocycles. The van der Waals surface area contributed by atoms with Gasteiger partial charge in [0.05, 0.1) is 0 Å². The van der Waals surface area contributed by atoms with Crippen LogP contribution in [0.25, 0.3) is 0 Å². The monoisotopic (exact) mass is 270 g/mol. The summed E-state index contributed by atoms with van der Waals surface area (Å²) in [6.07, 6.45) is 5.70. The number of nitrogens with one attached hydrogen (secondary N) is 1.